The first-order valence-electron chi connectivity index (χ1n) is 10.9. The molecule has 2 aromatic heterocycles. The monoisotopic (exact) mass is 489 g/mol. The van der Waals surface area contributed by atoms with Crippen molar-refractivity contribution < 1.29 is 4.79 Å². The average Bonchev–Trinajstić information content (AvgIpc) is 3.42. The fourth-order valence-corrected chi connectivity index (χ4v) is 4.51. The number of nitrogens with zero attached hydrogens (tertiary/aromatic N) is 4. The number of carbonyl (C=O) groups excluding carboxylic acids is 1. The number of carbonyl (C=O) groups is 1. The fourth-order valence-electron chi connectivity index (χ4n) is 4.25. The van der Waals surface area contributed by atoms with Gasteiger partial charge in [-0.1, -0.05) is 46.3 Å². The molecule has 0 spiro atoms. The van der Waals surface area contributed by atoms with Crippen LogP contribution in [0.25, 0.3) is 27.8 Å². The van der Waals surface area contributed by atoms with Crippen molar-refractivity contribution >= 4 is 38.7 Å². The van der Waals surface area contributed by atoms with E-state index in [1.807, 2.05) is 35.2 Å². The Bertz CT molecular complexity index is 1240. The van der Waals surface area contributed by atoms with Gasteiger partial charge in [0.15, 0.2) is 5.65 Å². The topological polar surface area (TPSA) is 63.1 Å². The van der Waals surface area contributed by atoms with Gasteiger partial charge in [0.1, 0.15) is 12.1 Å². The summed E-state index contributed by atoms with van der Waals surface area (Å²) in [5, 5.41) is 4.50. The van der Waals surface area contributed by atoms with Crippen LogP contribution in [-0.2, 0) is 4.79 Å². The number of amides is 1. The Morgan fingerprint density at radius 3 is 2.59 bits per heavy atom. The number of nitrogens with one attached hydrogen (secondary N) is 1. The highest BCUT2D eigenvalue weighted by Gasteiger charge is 2.20. The Kier molecular flexibility index (Phi) is 5.90. The predicted molar refractivity (Wildman–Crippen MR) is 131 cm³/mol. The summed E-state index contributed by atoms with van der Waals surface area (Å²) in [6.07, 6.45) is 6.28. The number of rotatable bonds is 7. The molecule has 1 fully saturated rings. The number of halogens is 1. The molecule has 1 saturated heterocycles. The second-order valence-electron chi connectivity index (χ2n) is 7.94. The van der Waals surface area contributed by atoms with Crippen molar-refractivity contribution in [3.63, 3.8) is 0 Å². The third-order valence-corrected chi connectivity index (χ3v) is 6.37. The molecule has 162 valence electrons. The largest absolute Gasteiger partial charge is 0.369 e. The smallest absolute Gasteiger partial charge is 0.222 e. The van der Waals surface area contributed by atoms with Gasteiger partial charge in [0.2, 0.25) is 5.91 Å². The molecule has 3 heterocycles. The molecule has 1 amide bonds. The van der Waals surface area contributed by atoms with Crippen LogP contribution in [0.2, 0.25) is 0 Å². The molecule has 0 radical (unpaired) electrons. The van der Waals surface area contributed by atoms with Gasteiger partial charge in [0, 0.05) is 48.0 Å². The SMILES string of the molecule is O=C1CCCN1CCCNc1ncnc2c1c(-c1ccccc1)cn2-c1ccc(Br)cc1. The number of hydrogen-bond acceptors (Lipinski definition) is 4. The van der Waals surface area contributed by atoms with Gasteiger partial charge in [0.25, 0.3) is 0 Å². The molecule has 1 aliphatic rings. The van der Waals surface area contributed by atoms with E-state index in [9.17, 15) is 4.79 Å². The highest BCUT2D eigenvalue weighted by molar-refractivity contribution is 9.10. The number of benzene rings is 2. The summed E-state index contributed by atoms with van der Waals surface area (Å²) in [6.45, 7) is 2.41. The standard InChI is InChI=1S/C25H24BrN5O/c26-19-9-11-20(12-10-19)31-16-21(18-6-2-1-3-7-18)23-24(28-17-29-25(23)31)27-13-5-15-30-14-4-8-22(30)32/h1-3,6-7,9-12,16-17H,4-5,8,13-15H2,(H,27,28,29). The Morgan fingerprint density at radius 1 is 1.03 bits per heavy atom. The summed E-state index contributed by atoms with van der Waals surface area (Å²) >= 11 is 3.52. The van der Waals surface area contributed by atoms with Gasteiger partial charge in [-0.25, -0.2) is 9.97 Å². The zero-order valence-corrected chi connectivity index (χ0v) is 19.3. The molecular formula is C25H24BrN5O. The average molecular weight is 490 g/mol. The van der Waals surface area contributed by atoms with Crippen LogP contribution < -0.4 is 5.32 Å². The number of likely N-dealkylation sites (tertiary alicyclic amines) is 1. The molecule has 0 bridgehead atoms. The summed E-state index contributed by atoms with van der Waals surface area (Å²) in [6, 6.07) is 18.5. The third kappa shape index (κ3) is 4.12. The van der Waals surface area contributed by atoms with E-state index in [4.69, 9.17) is 0 Å². The molecule has 6 nitrogen and oxygen atoms in total. The minimum Gasteiger partial charge on any atom is -0.369 e. The highest BCUT2D eigenvalue weighted by atomic mass is 79.9. The van der Waals surface area contributed by atoms with E-state index in [0.29, 0.717) is 6.42 Å². The van der Waals surface area contributed by atoms with Gasteiger partial charge in [0.05, 0.1) is 5.39 Å². The Hall–Kier alpha value is -3.19. The molecule has 1 N–H and O–H groups in total. The van der Waals surface area contributed by atoms with Crippen molar-refractivity contribution in [3.05, 3.63) is 71.6 Å². The summed E-state index contributed by atoms with van der Waals surface area (Å²) in [5.41, 5.74) is 4.10. The van der Waals surface area contributed by atoms with Crippen LogP contribution in [-0.4, -0.2) is 45.0 Å². The number of anilines is 1. The maximum atomic E-state index is 11.9. The molecule has 1 aliphatic heterocycles. The zero-order chi connectivity index (χ0) is 21.9. The minimum absolute atomic E-state index is 0.271. The Labute approximate surface area is 195 Å². The van der Waals surface area contributed by atoms with Crippen LogP contribution in [0.4, 0.5) is 5.82 Å². The maximum Gasteiger partial charge on any atom is 0.222 e. The molecular weight excluding hydrogens is 466 g/mol. The second kappa shape index (κ2) is 9.12. The molecule has 0 unspecified atom stereocenters. The fraction of sp³-hybridized carbons (Fsp3) is 0.240. The number of aromatic nitrogens is 3. The molecule has 7 heteroatoms. The molecule has 0 aliphatic carbocycles. The summed E-state index contributed by atoms with van der Waals surface area (Å²) in [4.78, 5) is 23.0. The Balaban J connectivity index is 1.49. The van der Waals surface area contributed by atoms with Gasteiger partial charge >= 0.3 is 0 Å². The molecule has 2 aromatic carbocycles. The maximum absolute atomic E-state index is 11.9. The van der Waals surface area contributed by atoms with Crippen molar-refractivity contribution in [2.45, 2.75) is 19.3 Å². The quantitative estimate of drug-likeness (QED) is 0.359. The van der Waals surface area contributed by atoms with Crippen LogP contribution in [0.5, 0.6) is 0 Å². The van der Waals surface area contributed by atoms with Crippen molar-refractivity contribution in [2.24, 2.45) is 0 Å². The lowest BCUT2D eigenvalue weighted by Crippen LogP contribution is -2.27. The minimum atomic E-state index is 0.271. The molecule has 32 heavy (non-hydrogen) atoms. The van der Waals surface area contributed by atoms with Crippen molar-refractivity contribution in [2.75, 3.05) is 25.0 Å². The van der Waals surface area contributed by atoms with Gasteiger partial charge in [-0.05, 0) is 42.7 Å². The van der Waals surface area contributed by atoms with Crippen molar-refractivity contribution in [1.82, 2.24) is 19.4 Å². The van der Waals surface area contributed by atoms with E-state index in [1.165, 1.54) is 0 Å². The molecule has 0 saturated carbocycles. The highest BCUT2D eigenvalue weighted by Crippen LogP contribution is 2.35. The first-order valence-corrected chi connectivity index (χ1v) is 11.7. The second-order valence-corrected chi connectivity index (χ2v) is 8.86. The van der Waals surface area contributed by atoms with Gasteiger partial charge < -0.3 is 14.8 Å². The van der Waals surface area contributed by atoms with Crippen LogP contribution >= 0.6 is 15.9 Å². The summed E-state index contributed by atoms with van der Waals surface area (Å²) in [7, 11) is 0. The van der Waals surface area contributed by atoms with Crippen LogP contribution in [0.15, 0.2) is 71.6 Å². The predicted octanol–water partition coefficient (Wildman–Crippen LogP) is 5.27. The van der Waals surface area contributed by atoms with E-state index < -0.39 is 0 Å². The van der Waals surface area contributed by atoms with E-state index in [1.54, 1.807) is 6.33 Å². The Morgan fingerprint density at radius 2 is 1.84 bits per heavy atom. The van der Waals surface area contributed by atoms with Crippen LogP contribution in [0.1, 0.15) is 19.3 Å². The number of fused-ring (bicyclic) bond motifs is 1. The normalized spacial score (nSPS) is 13.8. The zero-order valence-electron chi connectivity index (χ0n) is 17.7. The van der Waals surface area contributed by atoms with Crippen LogP contribution in [0.3, 0.4) is 0 Å². The van der Waals surface area contributed by atoms with Crippen molar-refractivity contribution in [3.8, 4) is 16.8 Å². The summed E-state index contributed by atoms with van der Waals surface area (Å²) in [5.74, 6) is 1.09. The van der Waals surface area contributed by atoms with E-state index in [0.717, 1.165) is 70.6 Å². The number of hydrogen-bond donors (Lipinski definition) is 1. The van der Waals surface area contributed by atoms with Gasteiger partial charge in [-0.2, -0.15) is 0 Å². The van der Waals surface area contributed by atoms with Gasteiger partial charge in [-0.15, -0.1) is 0 Å². The van der Waals surface area contributed by atoms with E-state index in [-0.39, 0.29) is 5.91 Å². The lowest BCUT2D eigenvalue weighted by molar-refractivity contribution is -0.127. The summed E-state index contributed by atoms with van der Waals surface area (Å²) < 4.78 is 3.15. The van der Waals surface area contributed by atoms with E-state index >= 15 is 0 Å². The van der Waals surface area contributed by atoms with Gasteiger partial charge in [-0.3, -0.25) is 4.79 Å². The lowest BCUT2D eigenvalue weighted by atomic mass is 10.1. The molecule has 4 aromatic rings. The molecule has 5 rings (SSSR count). The lowest BCUT2D eigenvalue weighted by Gasteiger charge is -2.15. The third-order valence-electron chi connectivity index (χ3n) is 5.84. The molecule has 0 atom stereocenters. The van der Waals surface area contributed by atoms with E-state index in [2.05, 4.69) is 66.2 Å². The first-order chi connectivity index (χ1) is 15.7. The van der Waals surface area contributed by atoms with Crippen LogP contribution in [0, 0.1) is 0 Å². The first kappa shape index (κ1) is 20.7. The van der Waals surface area contributed by atoms with Crippen molar-refractivity contribution in [1.29, 1.82) is 0 Å².